The Bertz CT molecular complexity index is 626. The van der Waals surface area contributed by atoms with E-state index in [4.69, 9.17) is 41.2 Å². The van der Waals surface area contributed by atoms with Crippen molar-refractivity contribution in [2.75, 3.05) is 5.32 Å². The quantitative estimate of drug-likeness (QED) is 0.793. The summed E-state index contributed by atoms with van der Waals surface area (Å²) in [7, 11) is 0. The largest absolute Gasteiger partial charge is 0.389 e. The maximum atomic E-state index is 6.15. The minimum Gasteiger partial charge on any atom is -0.389 e. The van der Waals surface area contributed by atoms with Crippen LogP contribution in [0.25, 0.3) is 0 Å². The van der Waals surface area contributed by atoms with Gasteiger partial charge in [0.15, 0.2) is 0 Å². The minimum absolute atomic E-state index is 0.0823. The maximum Gasteiger partial charge on any atom is 0.107 e. The van der Waals surface area contributed by atoms with E-state index in [1.807, 2.05) is 43.3 Å². The fourth-order valence-corrected chi connectivity index (χ4v) is 2.64. The van der Waals surface area contributed by atoms with Crippen LogP contribution in [0.1, 0.15) is 24.1 Å². The van der Waals surface area contributed by atoms with Crippen LogP contribution >= 0.6 is 35.4 Å². The Morgan fingerprint density at radius 1 is 1.15 bits per heavy atom. The molecule has 0 saturated heterocycles. The SMILES string of the molecule is CC(Nc1cccc(Cl)c1C(N)=S)c1ccc(Cl)cc1. The molecule has 0 heterocycles. The average Bonchev–Trinajstić information content (AvgIpc) is 2.39. The molecule has 0 aliphatic carbocycles. The van der Waals surface area contributed by atoms with Crippen LogP contribution in [0.5, 0.6) is 0 Å². The molecule has 20 heavy (non-hydrogen) atoms. The van der Waals surface area contributed by atoms with Gasteiger partial charge in [0.2, 0.25) is 0 Å². The molecule has 1 atom stereocenters. The Morgan fingerprint density at radius 2 is 1.80 bits per heavy atom. The molecule has 0 saturated carbocycles. The zero-order valence-corrected chi connectivity index (χ0v) is 13.2. The van der Waals surface area contributed by atoms with Crippen molar-refractivity contribution in [3.05, 3.63) is 63.6 Å². The van der Waals surface area contributed by atoms with E-state index in [9.17, 15) is 0 Å². The molecule has 1 unspecified atom stereocenters. The fraction of sp³-hybridized carbons (Fsp3) is 0.133. The number of anilines is 1. The first kappa shape index (κ1) is 15.1. The van der Waals surface area contributed by atoms with E-state index in [1.54, 1.807) is 6.07 Å². The van der Waals surface area contributed by atoms with Crippen molar-refractivity contribution in [2.45, 2.75) is 13.0 Å². The summed E-state index contributed by atoms with van der Waals surface area (Å²) < 4.78 is 0. The van der Waals surface area contributed by atoms with Crippen LogP contribution in [0.15, 0.2) is 42.5 Å². The lowest BCUT2D eigenvalue weighted by atomic mass is 10.1. The molecule has 2 aromatic rings. The fourth-order valence-electron chi connectivity index (χ4n) is 1.96. The van der Waals surface area contributed by atoms with Gasteiger partial charge < -0.3 is 11.1 Å². The van der Waals surface area contributed by atoms with Crippen molar-refractivity contribution in [1.82, 2.24) is 0 Å². The van der Waals surface area contributed by atoms with Crippen LogP contribution in [0.2, 0.25) is 10.0 Å². The van der Waals surface area contributed by atoms with Crippen LogP contribution in [0.4, 0.5) is 5.69 Å². The van der Waals surface area contributed by atoms with Crippen LogP contribution < -0.4 is 11.1 Å². The predicted molar refractivity (Wildman–Crippen MR) is 90.8 cm³/mol. The van der Waals surface area contributed by atoms with E-state index in [-0.39, 0.29) is 11.0 Å². The number of halogens is 2. The number of hydrogen-bond acceptors (Lipinski definition) is 2. The Kier molecular flexibility index (Phi) is 4.86. The molecule has 2 rings (SSSR count). The Labute approximate surface area is 133 Å². The van der Waals surface area contributed by atoms with Crippen molar-refractivity contribution in [3.63, 3.8) is 0 Å². The summed E-state index contributed by atoms with van der Waals surface area (Å²) in [5.41, 5.74) is 8.35. The third-order valence-corrected chi connectivity index (χ3v) is 3.77. The molecule has 0 fully saturated rings. The molecule has 0 amide bonds. The van der Waals surface area contributed by atoms with Crippen LogP contribution in [0, 0.1) is 0 Å². The van der Waals surface area contributed by atoms with Crippen LogP contribution in [-0.4, -0.2) is 4.99 Å². The van der Waals surface area contributed by atoms with E-state index >= 15 is 0 Å². The van der Waals surface area contributed by atoms with Crippen molar-refractivity contribution in [2.24, 2.45) is 5.73 Å². The summed E-state index contributed by atoms with van der Waals surface area (Å²) in [6, 6.07) is 13.3. The van der Waals surface area contributed by atoms with E-state index in [0.717, 1.165) is 11.3 Å². The molecule has 0 aliphatic rings. The van der Waals surface area contributed by atoms with E-state index in [2.05, 4.69) is 5.32 Å². The first-order valence-corrected chi connectivity index (χ1v) is 7.26. The molecule has 0 bridgehead atoms. The summed E-state index contributed by atoms with van der Waals surface area (Å²) in [4.78, 5) is 0.279. The normalized spacial score (nSPS) is 11.9. The van der Waals surface area contributed by atoms with Gasteiger partial charge in [-0.1, -0.05) is 53.6 Å². The Hall–Kier alpha value is -1.29. The van der Waals surface area contributed by atoms with Gasteiger partial charge in [-0.05, 0) is 36.8 Å². The number of nitrogens with one attached hydrogen (secondary N) is 1. The first-order chi connectivity index (χ1) is 9.49. The summed E-state index contributed by atoms with van der Waals surface area (Å²) in [6.07, 6.45) is 0. The molecule has 2 nitrogen and oxygen atoms in total. The van der Waals surface area contributed by atoms with Gasteiger partial charge in [0, 0.05) is 16.8 Å². The molecule has 2 aromatic carbocycles. The average molecular weight is 325 g/mol. The van der Waals surface area contributed by atoms with Crippen LogP contribution in [0.3, 0.4) is 0 Å². The van der Waals surface area contributed by atoms with Crippen molar-refractivity contribution in [1.29, 1.82) is 0 Å². The van der Waals surface area contributed by atoms with E-state index in [1.165, 1.54) is 0 Å². The summed E-state index contributed by atoms with van der Waals surface area (Å²) in [6.45, 7) is 2.05. The number of thiocarbonyl (C=S) groups is 1. The summed E-state index contributed by atoms with van der Waals surface area (Å²) in [5.74, 6) is 0. The first-order valence-electron chi connectivity index (χ1n) is 6.09. The Balaban J connectivity index is 2.28. The summed E-state index contributed by atoms with van der Waals surface area (Å²) >= 11 is 17.1. The lowest BCUT2D eigenvalue weighted by Crippen LogP contribution is -2.15. The topological polar surface area (TPSA) is 38.0 Å². The van der Waals surface area contributed by atoms with Gasteiger partial charge in [0.05, 0.1) is 10.6 Å². The lowest BCUT2D eigenvalue weighted by Gasteiger charge is -2.19. The highest BCUT2D eigenvalue weighted by Crippen LogP contribution is 2.28. The third-order valence-electron chi connectivity index (χ3n) is 3.00. The minimum atomic E-state index is 0.0823. The molecule has 0 radical (unpaired) electrons. The second-order valence-corrected chi connectivity index (χ2v) is 5.73. The lowest BCUT2D eigenvalue weighted by molar-refractivity contribution is 0.884. The monoisotopic (exact) mass is 324 g/mol. The number of benzene rings is 2. The molecular weight excluding hydrogens is 311 g/mol. The number of nitrogens with two attached hydrogens (primary N) is 1. The van der Waals surface area contributed by atoms with Gasteiger partial charge in [-0.15, -0.1) is 0 Å². The molecule has 5 heteroatoms. The Morgan fingerprint density at radius 3 is 2.40 bits per heavy atom. The van der Waals surface area contributed by atoms with Gasteiger partial charge >= 0.3 is 0 Å². The van der Waals surface area contributed by atoms with Gasteiger partial charge in [-0.2, -0.15) is 0 Å². The smallest absolute Gasteiger partial charge is 0.107 e. The second-order valence-electron chi connectivity index (χ2n) is 4.44. The third kappa shape index (κ3) is 3.42. The molecule has 0 aromatic heterocycles. The highest BCUT2D eigenvalue weighted by molar-refractivity contribution is 7.80. The summed E-state index contributed by atoms with van der Waals surface area (Å²) in [5, 5.41) is 4.64. The van der Waals surface area contributed by atoms with Gasteiger partial charge in [-0.3, -0.25) is 0 Å². The highest BCUT2D eigenvalue weighted by atomic mass is 35.5. The zero-order valence-electron chi connectivity index (χ0n) is 10.9. The highest BCUT2D eigenvalue weighted by Gasteiger charge is 2.12. The van der Waals surface area contributed by atoms with E-state index in [0.29, 0.717) is 15.6 Å². The van der Waals surface area contributed by atoms with E-state index < -0.39 is 0 Å². The molecule has 3 N–H and O–H groups in total. The van der Waals surface area contributed by atoms with Crippen LogP contribution in [-0.2, 0) is 0 Å². The van der Waals surface area contributed by atoms with Crippen molar-refractivity contribution >= 4 is 46.1 Å². The zero-order chi connectivity index (χ0) is 14.7. The molecular formula is C15H14Cl2N2S. The standard InChI is InChI=1S/C15H14Cl2N2S/c1-9(10-5-7-11(16)8-6-10)19-13-4-2-3-12(17)14(13)15(18)20/h2-9,19H,1H3,(H2,18,20). The molecule has 104 valence electrons. The number of rotatable bonds is 4. The molecule has 0 aliphatic heterocycles. The molecule has 0 spiro atoms. The maximum absolute atomic E-state index is 6.15. The second kappa shape index (κ2) is 6.44. The van der Waals surface area contributed by atoms with Crippen molar-refractivity contribution < 1.29 is 0 Å². The van der Waals surface area contributed by atoms with Gasteiger partial charge in [-0.25, -0.2) is 0 Å². The predicted octanol–water partition coefficient (Wildman–Crippen LogP) is 4.80. The number of hydrogen-bond donors (Lipinski definition) is 2. The van der Waals surface area contributed by atoms with Gasteiger partial charge in [0.1, 0.15) is 4.99 Å². The van der Waals surface area contributed by atoms with Crippen molar-refractivity contribution in [3.8, 4) is 0 Å². The van der Waals surface area contributed by atoms with Gasteiger partial charge in [0.25, 0.3) is 0 Å².